The summed E-state index contributed by atoms with van der Waals surface area (Å²) in [6, 6.07) is 0. The van der Waals surface area contributed by atoms with Crippen molar-refractivity contribution in [3.05, 3.63) is 6.92 Å². The maximum atomic E-state index is 5.37. The molecule has 0 amide bonds. The molecular formula is C8H13O. The Kier molecular flexibility index (Phi) is 0.963. The summed E-state index contributed by atoms with van der Waals surface area (Å²) in [4.78, 5) is 0. The SMILES string of the molecule is [CH2]C1(C)CCC2OC2C1. The van der Waals surface area contributed by atoms with Gasteiger partial charge in [-0.2, -0.15) is 0 Å². The van der Waals surface area contributed by atoms with E-state index in [1.165, 1.54) is 19.3 Å². The van der Waals surface area contributed by atoms with Crippen molar-refractivity contribution in [2.75, 3.05) is 0 Å². The number of ether oxygens (including phenoxy) is 1. The van der Waals surface area contributed by atoms with Gasteiger partial charge in [-0.05, 0) is 31.6 Å². The number of rotatable bonds is 0. The standard InChI is InChI=1S/C8H13O/c1-8(2)4-3-6-7(5-8)9-6/h6-7H,1,3-5H2,2H3. The first-order chi connectivity index (χ1) is 4.17. The molecule has 1 aliphatic heterocycles. The predicted molar refractivity (Wildman–Crippen MR) is 36.0 cm³/mol. The van der Waals surface area contributed by atoms with Gasteiger partial charge in [0.1, 0.15) is 0 Å². The molecule has 2 rings (SSSR count). The van der Waals surface area contributed by atoms with Gasteiger partial charge in [0.25, 0.3) is 0 Å². The van der Waals surface area contributed by atoms with Crippen molar-refractivity contribution in [3.63, 3.8) is 0 Å². The third-order valence-corrected chi connectivity index (χ3v) is 2.41. The van der Waals surface area contributed by atoms with Gasteiger partial charge in [0.05, 0.1) is 12.2 Å². The van der Waals surface area contributed by atoms with Gasteiger partial charge in [-0.3, -0.25) is 0 Å². The van der Waals surface area contributed by atoms with E-state index in [1.54, 1.807) is 0 Å². The summed E-state index contributed by atoms with van der Waals surface area (Å²) in [7, 11) is 0. The van der Waals surface area contributed by atoms with Crippen LogP contribution in [0.2, 0.25) is 0 Å². The van der Waals surface area contributed by atoms with Crippen LogP contribution in [0.5, 0.6) is 0 Å². The van der Waals surface area contributed by atoms with Crippen molar-refractivity contribution in [1.82, 2.24) is 0 Å². The molecule has 2 aliphatic rings. The van der Waals surface area contributed by atoms with Crippen molar-refractivity contribution in [1.29, 1.82) is 0 Å². The average molecular weight is 125 g/mol. The number of hydrogen-bond acceptors (Lipinski definition) is 1. The molecule has 1 saturated heterocycles. The van der Waals surface area contributed by atoms with Crippen LogP contribution in [0.3, 0.4) is 0 Å². The van der Waals surface area contributed by atoms with Gasteiger partial charge in [-0.1, -0.05) is 6.92 Å². The van der Waals surface area contributed by atoms with Crippen LogP contribution >= 0.6 is 0 Å². The van der Waals surface area contributed by atoms with E-state index in [9.17, 15) is 0 Å². The lowest BCUT2D eigenvalue weighted by molar-refractivity contribution is 0.303. The van der Waals surface area contributed by atoms with Crippen molar-refractivity contribution in [2.24, 2.45) is 5.41 Å². The Balaban J connectivity index is 2.01. The summed E-state index contributed by atoms with van der Waals surface area (Å²) in [6.45, 7) is 6.35. The first kappa shape index (κ1) is 5.72. The molecule has 9 heavy (non-hydrogen) atoms. The molecule has 0 bridgehead atoms. The molecule has 2 fully saturated rings. The van der Waals surface area contributed by atoms with Crippen LogP contribution in [0.1, 0.15) is 26.2 Å². The van der Waals surface area contributed by atoms with E-state index in [4.69, 9.17) is 4.74 Å². The molecule has 0 spiro atoms. The Labute approximate surface area is 56.4 Å². The molecule has 1 heterocycles. The lowest BCUT2D eigenvalue weighted by atomic mass is 9.78. The number of epoxide rings is 1. The van der Waals surface area contributed by atoms with E-state index in [0.717, 1.165) is 0 Å². The Morgan fingerprint density at radius 2 is 2.33 bits per heavy atom. The number of fused-ring (bicyclic) bond motifs is 1. The topological polar surface area (TPSA) is 12.5 Å². The molecule has 1 nitrogen and oxygen atoms in total. The lowest BCUT2D eigenvalue weighted by Crippen LogP contribution is -2.21. The third-order valence-electron chi connectivity index (χ3n) is 2.41. The highest BCUT2D eigenvalue weighted by Gasteiger charge is 2.46. The molecule has 0 N–H and O–H groups in total. The smallest absolute Gasteiger partial charge is 0.0847 e. The Morgan fingerprint density at radius 1 is 1.56 bits per heavy atom. The summed E-state index contributed by atoms with van der Waals surface area (Å²) >= 11 is 0. The summed E-state index contributed by atoms with van der Waals surface area (Å²) in [5.74, 6) is 0. The summed E-state index contributed by atoms with van der Waals surface area (Å²) in [5.41, 5.74) is 0.317. The summed E-state index contributed by atoms with van der Waals surface area (Å²) in [6.07, 6.45) is 4.87. The Hall–Kier alpha value is -0.0400. The van der Waals surface area contributed by atoms with Crippen molar-refractivity contribution < 1.29 is 4.74 Å². The maximum absolute atomic E-state index is 5.37. The van der Waals surface area contributed by atoms with Crippen LogP contribution < -0.4 is 0 Å². The van der Waals surface area contributed by atoms with Crippen molar-refractivity contribution >= 4 is 0 Å². The predicted octanol–water partition coefficient (Wildman–Crippen LogP) is 1.78. The van der Waals surface area contributed by atoms with Gasteiger partial charge in [-0.15, -0.1) is 0 Å². The molecule has 1 heteroatoms. The molecule has 0 aromatic rings. The highest BCUT2D eigenvalue weighted by molar-refractivity contribution is 4.97. The second-order valence-electron chi connectivity index (χ2n) is 3.77. The fourth-order valence-electron chi connectivity index (χ4n) is 1.69. The van der Waals surface area contributed by atoms with Crippen LogP contribution in [0, 0.1) is 12.3 Å². The van der Waals surface area contributed by atoms with E-state index in [0.29, 0.717) is 17.6 Å². The molecule has 1 aliphatic carbocycles. The zero-order chi connectivity index (χ0) is 6.48. The highest BCUT2D eigenvalue weighted by atomic mass is 16.6. The molecule has 1 saturated carbocycles. The first-order valence-corrected chi connectivity index (χ1v) is 3.68. The van der Waals surface area contributed by atoms with Gasteiger partial charge in [0.2, 0.25) is 0 Å². The average Bonchev–Trinajstić information content (AvgIpc) is 2.41. The van der Waals surface area contributed by atoms with Crippen LogP contribution in [0.25, 0.3) is 0 Å². The van der Waals surface area contributed by atoms with Crippen LogP contribution in [0.4, 0.5) is 0 Å². The minimum absolute atomic E-state index is 0.317. The fourth-order valence-corrected chi connectivity index (χ4v) is 1.69. The monoisotopic (exact) mass is 125 g/mol. The van der Waals surface area contributed by atoms with Gasteiger partial charge in [0.15, 0.2) is 0 Å². The highest BCUT2D eigenvalue weighted by Crippen LogP contribution is 2.45. The van der Waals surface area contributed by atoms with Crippen LogP contribution in [0.15, 0.2) is 0 Å². The molecule has 0 aromatic heterocycles. The molecule has 51 valence electrons. The minimum Gasteiger partial charge on any atom is -0.370 e. The van der Waals surface area contributed by atoms with Crippen LogP contribution in [-0.2, 0) is 4.74 Å². The molecular weight excluding hydrogens is 112 g/mol. The second-order valence-corrected chi connectivity index (χ2v) is 3.77. The van der Waals surface area contributed by atoms with E-state index in [-0.39, 0.29) is 0 Å². The molecule has 3 atom stereocenters. The first-order valence-electron chi connectivity index (χ1n) is 3.68. The van der Waals surface area contributed by atoms with E-state index in [1.807, 2.05) is 0 Å². The molecule has 1 radical (unpaired) electrons. The zero-order valence-electron chi connectivity index (χ0n) is 5.89. The Bertz CT molecular complexity index is 129. The van der Waals surface area contributed by atoms with Gasteiger partial charge in [0, 0.05) is 0 Å². The van der Waals surface area contributed by atoms with Gasteiger partial charge < -0.3 is 4.74 Å². The van der Waals surface area contributed by atoms with E-state index >= 15 is 0 Å². The van der Waals surface area contributed by atoms with Gasteiger partial charge >= 0.3 is 0 Å². The van der Waals surface area contributed by atoms with Crippen molar-refractivity contribution in [3.8, 4) is 0 Å². The van der Waals surface area contributed by atoms with Gasteiger partial charge in [-0.25, -0.2) is 0 Å². The normalized spacial score (nSPS) is 46.0. The van der Waals surface area contributed by atoms with Crippen molar-refractivity contribution in [2.45, 2.75) is 38.4 Å². The third kappa shape index (κ3) is 0.983. The molecule has 0 aromatic carbocycles. The number of hydrogen-bond donors (Lipinski definition) is 0. The second kappa shape index (κ2) is 1.51. The quantitative estimate of drug-likeness (QED) is 0.449. The lowest BCUT2D eigenvalue weighted by Gasteiger charge is -2.25. The largest absolute Gasteiger partial charge is 0.370 e. The summed E-state index contributed by atoms with van der Waals surface area (Å²) < 4.78 is 5.37. The zero-order valence-corrected chi connectivity index (χ0v) is 5.89. The van der Waals surface area contributed by atoms with E-state index < -0.39 is 0 Å². The Morgan fingerprint density at radius 3 is 2.89 bits per heavy atom. The van der Waals surface area contributed by atoms with Crippen LogP contribution in [-0.4, -0.2) is 12.2 Å². The minimum atomic E-state index is 0.317. The molecule has 3 unspecified atom stereocenters. The maximum Gasteiger partial charge on any atom is 0.0847 e. The summed E-state index contributed by atoms with van der Waals surface area (Å²) in [5, 5.41) is 0. The van der Waals surface area contributed by atoms with E-state index in [2.05, 4.69) is 13.8 Å². The fraction of sp³-hybridized carbons (Fsp3) is 0.875.